The second kappa shape index (κ2) is 8.97. The van der Waals surface area contributed by atoms with E-state index in [2.05, 4.69) is 5.16 Å². The number of oxime groups is 1. The van der Waals surface area contributed by atoms with Gasteiger partial charge in [-0.2, -0.15) is 0 Å². The lowest BCUT2D eigenvalue weighted by Crippen LogP contribution is -2.38. The first kappa shape index (κ1) is 19.3. The molecular formula is C23H32N2O3. The number of likely N-dealkylation sites (tertiary alicyclic amines) is 1. The Labute approximate surface area is 168 Å². The Morgan fingerprint density at radius 3 is 2.43 bits per heavy atom. The van der Waals surface area contributed by atoms with Crippen LogP contribution in [-0.4, -0.2) is 42.3 Å². The first-order valence-electron chi connectivity index (χ1n) is 10.9. The van der Waals surface area contributed by atoms with Crippen LogP contribution in [0.5, 0.6) is 5.75 Å². The van der Waals surface area contributed by atoms with E-state index in [9.17, 15) is 4.79 Å². The molecule has 2 bridgehead atoms. The van der Waals surface area contributed by atoms with Gasteiger partial charge in [0.15, 0.2) is 6.61 Å². The third-order valence-electron chi connectivity index (χ3n) is 6.65. The molecule has 3 saturated carbocycles. The van der Waals surface area contributed by atoms with Crippen LogP contribution in [0.3, 0.4) is 0 Å². The number of carbonyl (C=O) groups is 1. The van der Waals surface area contributed by atoms with E-state index in [0.29, 0.717) is 17.8 Å². The number of piperidine rings is 1. The van der Waals surface area contributed by atoms with Crippen LogP contribution < -0.4 is 4.74 Å². The van der Waals surface area contributed by atoms with E-state index in [-0.39, 0.29) is 12.5 Å². The number of fused-ring (bicyclic) bond motifs is 3. The van der Waals surface area contributed by atoms with E-state index >= 15 is 0 Å². The number of nitrogens with zero attached hydrogens (tertiary/aromatic N) is 2. The molecule has 0 spiro atoms. The summed E-state index contributed by atoms with van der Waals surface area (Å²) in [6, 6.07) is 7.77. The Hall–Kier alpha value is -2.04. The molecule has 1 aliphatic heterocycles. The highest BCUT2D eigenvalue weighted by Crippen LogP contribution is 2.42. The third-order valence-corrected chi connectivity index (χ3v) is 6.65. The topological polar surface area (TPSA) is 51.1 Å². The molecule has 5 heteroatoms. The van der Waals surface area contributed by atoms with Crippen LogP contribution in [0, 0.1) is 11.8 Å². The Kier molecular flexibility index (Phi) is 6.18. The van der Waals surface area contributed by atoms with Crippen LogP contribution in [-0.2, 0) is 9.63 Å². The smallest absolute Gasteiger partial charge is 0.260 e. The van der Waals surface area contributed by atoms with Gasteiger partial charge in [-0.3, -0.25) is 4.79 Å². The van der Waals surface area contributed by atoms with Gasteiger partial charge in [0.05, 0.1) is 5.71 Å². The lowest BCUT2D eigenvalue weighted by molar-refractivity contribution is -0.134. The molecule has 5 rings (SSSR count). The highest BCUT2D eigenvalue weighted by molar-refractivity contribution is 5.98. The molecule has 4 fully saturated rings. The molecule has 0 radical (unpaired) electrons. The molecule has 1 atom stereocenters. The van der Waals surface area contributed by atoms with Crippen LogP contribution in [0.25, 0.3) is 0 Å². The SMILES string of the molecule is C/C(=N/OC1CC2CCC1CC2)c1ccc(OCC(=O)N2CCCCC2)cc1. The lowest BCUT2D eigenvalue weighted by atomic mass is 9.69. The summed E-state index contributed by atoms with van der Waals surface area (Å²) in [4.78, 5) is 20.0. The van der Waals surface area contributed by atoms with E-state index < -0.39 is 0 Å². The molecule has 1 aromatic rings. The average molecular weight is 385 g/mol. The van der Waals surface area contributed by atoms with Crippen molar-refractivity contribution in [1.82, 2.24) is 4.90 Å². The number of ether oxygens (including phenoxy) is 1. The molecule has 0 aromatic heterocycles. The first-order chi connectivity index (χ1) is 13.7. The maximum atomic E-state index is 12.2. The maximum Gasteiger partial charge on any atom is 0.260 e. The fraction of sp³-hybridized carbons (Fsp3) is 0.652. The van der Waals surface area contributed by atoms with Gasteiger partial charge in [0, 0.05) is 13.1 Å². The summed E-state index contributed by atoms with van der Waals surface area (Å²) in [7, 11) is 0. The fourth-order valence-corrected chi connectivity index (χ4v) is 4.82. The third kappa shape index (κ3) is 4.68. The van der Waals surface area contributed by atoms with Crippen molar-refractivity contribution in [3.63, 3.8) is 0 Å². The number of benzene rings is 1. The molecule has 5 nitrogen and oxygen atoms in total. The number of rotatable bonds is 6. The molecule has 28 heavy (non-hydrogen) atoms. The molecular weight excluding hydrogens is 352 g/mol. The zero-order valence-electron chi connectivity index (χ0n) is 16.9. The van der Waals surface area contributed by atoms with Crippen molar-refractivity contribution in [3.05, 3.63) is 29.8 Å². The first-order valence-corrected chi connectivity index (χ1v) is 10.9. The van der Waals surface area contributed by atoms with Crippen molar-refractivity contribution >= 4 is 11.6 Å². The molecule has 3 aliphatic carbocycles. The van der Waals surface area contributed by atoms with Crippen molar-refractivity contribution in [3.8, 4) is 5.75 Å². The quantitative estimate of drug-likeness (QED) is 0.540. The molecule has 152 valence electrons. The maximum absolute atomic E-state index is 12.2. The Bertz CT molecular complexity index is 686. The molecule has 0 N–H and O–H groups in total. The van der Waals surface area contributed by atoms with E-state index in [1.165, 1.54) is 38.5 Å². The number of carbonyl (C=O) groups excluding carboxylic acids is 1. The van der Waals surface area contributed by atoms with E-state index in [0.717, 1.165) is 43.1 Å². The highest BCUT2D eigenvalue weighted by atomic mass is 16.6. The van der Waals surface area contributed by atoms with Crippen LogP contribution in [0.15, 0.2) is 29.4 Å². The van der Waals surface area contributed by atoms with Crippen LogP contribution >= 0.6 is 0 Å². The van der Waals surface area contributed by atoms with Crippen molar-refractivity contribution in [2.45, 2.75) is 64.4 Å². The minimum absolute atomic E-state index is 0.0803. The largest absolute Gasteiger partial charge is 0.484 e. The average Bonchev–Trinajstić information content (AvgIpc) is 2.77. The van der Waals surface area contributed by atoms with Crippen LogP contribution in [0.4, 0.5) is 0 Å². The van der Waals surface area contributed by atoms with Gasteiger partial charge in [-0.05, 0) is 100.0 Å². The van der Waals surface area contributed by atoms with E-state index in [4.69, 9.17) is 9.57 Å². The van der Waals surface area contributed by atoms with Gasteiger partial charge in [0.25, 0.3) is 5.91 Å². The summed E-state index contributed by atoms with van der Waals surface area (Å²) >= 11 is 0. The number of hydrogen-bond acceptors (Lipinski definition) is 4. The molecule has 1 aromatic carbocycles. The summed E-state index contributed by atoms with van der Waals surface area (Å²) in [5.41, 5.74) is 1.91. The molecule has 4 aliphatic rings. The zero-order valence-corrected chi connectivity index (χ0v) is 16.9. The van der Waals surface area contributed by atoms with Gasteiger partial charge >= 0.3 is 0 Å². The van der Waals surface area contributed by atoms with Gasteiger partial charge < -0.3 is 14.5 Å². The predicted octanol–water partition coefficient (Wildman–Crippen LogP) is 4.40. The summed E-state index contributed by atoms with van der Waals surface area (Å²) in [5.74, 6) is 2.33. The van der Waals surface area contributed by atoms with Crippen molar-refractivity contribution in [1.29, 1.82) is 0 Å². The van der Waals surface area contributed by atoms with Gasteiger partial charge in [-0.15, -0.1) is 0 Å². The fourth-order valence-electron chi connectivity index (χ4n) is 4.82. The number of hydrogen-bond donors (Lipinski definition) is 0. The van der Waals surface area contributed by atoms with Crippen molar-refractivity contribution in [2.24, 2.45) is 17.0 Å². The van der Waals surface area contributed by atoms with Gasteiger partial charge in [-0.1, -0.05) is 5.16 Å². The Balaban J connectivity index is 1.27. The van der Waals surface area contributed by atoms with Gasteiger partial charge in [0.1, 0.15) is 11.9 Å². The summed E-state index contributed by atoms with van der Waals surface area (Å²) in [5, 5.41) is 4.42. The highest BCUT2D eigenvalue weighted by Gasteiger charge is 2.37. The van der Waals surface area contributed by atoms with E-state index in [1.54, 1.807) is 0 Å². The monoisotopic (exact) mass is 384 g/mol. The van der Waals surface area contributed by atoms with Gasteiger partial charge in [-0.25, -0.2) is 0 Å². The van der Waals surface area contributed by atoms with Crippen molar-refractivity contribution in [2.75, 3.05) is 19.7 Å². The number of amides is 1. The van der Waals surface area contributed by atoms with Crippen LogP contribution in [0.1, 0.15) is 63.9 Å². The minimum atomic E-state index is 0.0803. The normalized spacial score (nSPS) is 27.5. The summed E-state index contributed by atoms with van der Waals surface area (Å²) < 4.78 is 5.68. The van der Waals surface area contributed by atoms with Crippen molar-refractivity contribution < 1.29 is 14.4 Å². The molecule has 1 saturated heterocycles. The zero-order chi connectivity index (χ0) is 19.3. The molecule has 1 amide bonds. The molecule has 1 unspecified atom stereocenters. The summed E-state index contributed by atoms with van der Waals surface area (Å²) in [6.45, 7) is 3.81. The lowest BCUT2D eigenvalue weighted by Gasteiger charge is -2.40. The minimum Gasteiger partial charge on any atom is -0.484 e. The van der Waals surface area contributed by atoms with Gasteiger partial charge in [0.2, 0.25) is 0 Å². The standard InChI is InChI=1S/C23H32N2O3/c1-17(24-28-22-15-18-5-7-20(22)8-6-18)19-9-11-21(12-10-19)27-16-23(26)25-13-3-2-4-14-25/h9-12,18,20,22H,2-8,13-16H2,1H3/b24-17-. The Morgan fingerprint density at radius 1 is 1.07 bits per heavy atom. The second-order valence-electron chi connectivity index (χ2n) is 8.59. The van der Waals surface area contributed by atoms with E-state index in [1.807, 2.05) is 36.1 Å². The Morgan fingerprint density at radius 2 is 1.79 bits per heavy atom. The summed E-state index contributed by atoms with van der Waals surface area (Å²) in [6.07, 6.45) is 10.2. The molecule has 1 heterocycles. The van der Waals surface area contributed by atoms with Crippen LogP contribution in [0.2, 0.25) is 0 Å². The second-order valence-corrected chi connectivity index (χ2v) is 8.59. The predicted molar refractivity (Wildman–Crippen MR) is 110 cm³/mol.